The van der Waals surface area contributed by atoms with Crippen LogP contribution in [0.5, 0.6) is 0 Å². The third-order valence-electron chi connectivity index (χ3n) is 2.83. The van der Waals surface area contributed by atoms with Gasteiger partial charge in [0.2, 0.25) is 10.0 Å². The van der Waals surface area contributed by atoms with E-state index in [9.17, 15) is 8.42 Å². The van der Waals surface area contributed by atoms with Gasteiger partial charge >= 0.3 is 0 Å². The normalized spacial score (nSPS) is 11.9. The zero-order valence-electron chi connectivity index (χ0n) is 11.8. The lowest BCUT2D eigenvalue weighted by atomic mass is 10.1. The lowest BCUT2D eigenvalue weighted by Gasteiger charge is -2.10. The number of nitrogens with zero attached hydrogens (tertiary/aromatic N) is 1. The van der Waals surface area contributed by atoms with Crippen molar-refractivity contribution in [2.45, 2.75) is 19.3 Å². The van der Waals surface area contributed by atoms with Crippen molar-refractivity contribution < 1.29 is 8.42 Å². The van der Waals surface area contributed by atoms with Gasteiger partial charge in [-0.05, 0) is 45.5 Å². The van der Waals surface area contributed by atoms with Crippen LogP contribution >= 0.6 is 0 Å². The third kappa shape index (κ3) is 7.97. The first-order valence-corrected chi connectivity index (χ1v) is 8.31. The molecule has 0 saturated heterocycles. The fourth-order valence-corrected chi connectivity index (χ4v) is 2.93. The highest BCUT2D eigenvalue weighted by atomic mass is 32.2. The minimum absolute atomic E-state index is 0.198. The molecule has 0 saturated carbocycles. The fraction of sp³-hybridized carbons (Fsp3) is 0.571. The van der Waals surface area contributed by atoms with Gasteiger partial charge in [0.25, 0.3) is 0 Å². The predicted molar refractivity (Wildman–Crippen MR) is 79.7 cm³/mol. The van der Waals surface area contributed by atoms with E-state index in [-0.39, 0.29) is 5.75 Å². The maximum Gasteiger partial charge on any atom is 0.211 e. The molecule has 19 heavy (non-hydrogen) atoms. The molecular formula is C14H24N2O2S. The second-order valence-electron chi connectivity index (χ2n) is 4.96. The number of sulfonamides is 1. The molecule has 5 heteroatoms. The van der Waals surface area contributed by atoms with Crippen molar-refractivity contribution in [2.24, 2.45) is 0 Å². The maximum absolute atomic E-state index is 11.7. The van der Waals surface area contributed by atoms with Crippen LogP contribution in [-0.2, 0) is 16.4 Å². The number of aryl methyl sites for hydroxylation is 1. The van der Waals surface area contributed by atoms with E-state index >= 15 is 0 Å². The van der Waals surface area contributed by atoms with E-state index in [0.717, 1.165) is 19.4 Å². The standard InChI is InChI=1S/C14H24N2O2S/c1-16(2)12-7-11-15-19(17,18)13-6-10-14-8-4-3-5-9-14/h3-5,8-9,15H,6-7,10-13H2,1-2H3. The summed E-state index contributed by atoms with van der Waals surface area (Å²) in [5, 5.41) is 0. The van der Waals surface area contributed by atoms with Crippen LogP contribution in [-0.4, -0.2) is 46.3 Å². The van der Waals surface area contributed by atoms with Crippen molar-refractivity contribution in [3.63, 3.8) is 0 Å². The van der Waals surface area contributed by atoms with E-state index in [4.69, 9.17) is 0 Å². The van der Waals surface area contributed by atoms with Crippen LogP contribution in [0.15, 0.2) is 30.3 Å². The van der Waals surface area contributed by atoms with Gasteiger partial charge in [0.1, 0.15) is 0 Å². The number of hydrogen-bond acceptors (Lipinski definition) is 3. The summed E-state index contributed by atoms with van der Waals surface area (Å²) in [5.74, 6) is 0.198. The Morgan fingerprint density at radius 3 is 2.42 bits per heavy atom. The molecule has 0 heterocycles. The summed E-state index contributed by atoms with van der Waals surface area (Å²) in [6, 6.07) is 9.97. The molecule has 0 amide bonds. The second-order valence-corrected chi connectivity index (χ2v) is 6.89. The van der Waals surface area contributed by atoms with Gasteiger partial charge in [-0.2, -0.15) is 0 Å². The lowest BCUT2D eigenvalue weighted by molar-refractivity contribution is 0.400. The Labute approximate surface area is 116 Å². The number of benzene rings is 1. The van der Waals surface area contributed by atoms with Gasteiger partial charge in [0.05, 0.1) is 5.75 Å². The first-order valence-electron chi connectivity index (χ1n) is 6.65. The Hall–Kier alpha value is -0.910. The van der Waals surface area contributed by atoms with E-state index in [0.29, 0.717) is 13.0 Å². The van der Waals surface area contributed by atoms with Crippen LogP contribution in [0.1, 0.15) is 18.4 Å². The predicted octanol–water partition coefficient (Wildman–Crippen LogP) is 1.49. The molecule has 4 nitrogen and oxygen atoms in total. The lowest BCUT2D eigenvalue weighted by Crippen LogP contribution is -2.29. The summed E-state index contributed by atoms with van der Waals surface area (Å²) in [6.07, 6.45) is 2.30. The molecule has 0 fully saturated rings. The average molecular weight is 284 g/mol. The van der Waals surface area contributed by atoms with Gasteiger partial charge in [0, 0.05) is 6.54 Å². The summed E-state index contributed by atoms with van der Waals surface area (Å²) in [6.45, 7) is 1.42. The summed E-state index contributed by atoms with van der Waals surface area (Å²) >= 11 is 0. The molecule has 0 aromatic heterocycles. The molecular weight excluding hydrogens is 260 g/mol. The smallest absolute Gasteiger partial charge is 0.211 e. The van der Waals surface area contributed by atoms with Crippen LogP contribution in [0.3, 0.4) is 0 Å². The Balaban J connectivity index is 2.20. The summed E-state index contributed by atoms with van der Waals surface area (Å²) < 4.78 is 26.1. The molecule has 0 spiro atoms. The molecule has 108 valence electrons. The van der Waals surface area contributed by atoms with Crippen molar-refractivity contribution in [3.8, 4) is 0 Å². The van der Waals surface area contributed by atoms with Gasteiger partial charge < -0.3 is 4.90 Å². The molecule has 0 unspecified atom stereocenters. The first-order chi connectivity index (χ1) is 8.99. The topological polar surface area (TPSA) is 49.4 Å². The molecule has 1 rings (SSSR count). The Morgan fingerprint density at radius 1 is 1.11 bits per heavy atom. The summed E-state index contributed by atoms with van der Waals surface area (Å²) in [4.78, 5) is 2.05. The second kappa shape index (κ2) is 8.30. The third-order valence-corrected chi connectivity index (χ3v) is 4.30. The molecule has 0 aliphatic carbocycles. The van der Waals surface area contributed by atoms with Crippen molar-refractivity contribution in [2.75, 3.05) is 32.9 Å². The molecule has 0 bridgehead atoms. The van der Waals surface area contributed by atoms with Crippen molar-refractivity contribution >= 4 is 10.0 Å². The van der Waals surface area contributed by atoms with Crippen molar-refractivity contribution in [1.29, 1.82) is 0 Å². The summed E-state index contributed by atoms with van der Waals surface area (Å²) in [7, 11) is 0.843. The zero-order chi connectivity index (χ0) is 14.1. The van der Waals surface area contributed by atoms with E-state index in [2.05, 4.69) is 4.72 Å². The molecule has 1 aromatic rings. The van der Waals surface area contributed by atoms with Crippen LogP contribution in [0.4, 0.5) is 0 Å². The fourth-order valence-electron chi connectivity index (χ4n) is 1.81. The maximum atomic E-state index is 11.7. The van der Waals surface area contributed by atoms with E-state index in [1.807, 2.05) is 49.3 Å². The monoisotopic (exact) mass is 284 g/mol. The molecule has 1 N–H and O–H groups in total. The van der Waals surface area contributed by atoms with Gasteiger partial charge in [0.15, 0.2) is 0 Å². The Bertz CT molecular complexity index is 444. The van der Waals surface area contributed by atoms with E-state index in [1.165, 1.54) is 5.56 Å². The van der Waals surface area contributed by atoms with Gasteiger partial charge in [-0.1, -0.05) is 30.3 Å². The van der Waals surface area contributed by atoms with Gasteiger partial charge in [-0.25, -0.2) is 13.1 Å². The van der Waals surface area contributed by atoms with E-state index < -0.39 is 10.0 Å². The number of hydrogen-bond donors (Lipinski definition) is 1. The number of nitrogens with one attached hydrogen (secondary N) is 1. The van der Waals surface area contributed by atoms with E-state index in [1.54, 1.807) is 0 Å². The van der Waals surface area contributed by atoms with Crippen molar-refractivity contribution in [3.05, 3.63) is 35.9 Å². The highest BCUT2D eigenvalue weighted by Gasteiger charge is 2.08. The van der Waals surface area contributed by atoms with Crippen LogP contribution in [0.2, 0.25) is 0 Å². The SMILES string of the molecule is CN(C)CCCNS(=O)(=O)CCCc1ccccc1. The van der Waals surface area contributed by atoms with Crippen molar-refractivity contribution in [1.82, 2.24) is 9.62 Å². The first kappa shape index (κ1) is 16.1. The molecule has 0 aliphatic rings. The highest BCUT2D eigenvalue weighted by Crippen LogP contribution is 2.03. The molecule has 1 aromatic carbocycles. The van der Waals surface area contributed by atoms with Crippen LogP contribution in [0, 0.1) is 0 Å². The molecule has 0 atom stereocenters. The number of rotatable bonds is 9. The van der Waals surface area contributed by atoms with Gasteiger partial charge in [-0.3, -0.25) is 0 Å². The average Bonchev–Trinajstić information content (AvgIpc) is 2.36. The molecule has 0 radical (unpaired) electrons. The summed E-state index contributed by atoms with van der Waals surface area (Å²) in [5.41, 5.74) is 1.19. The Kier molecular flexibility index (Phi) is 7.05. The van der Waals surface area contributed by atoms with Crippen LogP contribution in [0.25, 0.3) is 0 Å². The quantitative estimate of drug-likeness (QED) is 0.699. The minimum atomic E-state index is -3.12. The Morgan fingerprint density at radius 2 is 1.79 bits per heavy atom. The minimum Gasteiger partial charge on any atom is -0.309 e. The van der Waals surface area contributed by atoms with Gasteiger partial charge in [-0.15, -0.1) is 0 Å². The largest absolute Gasteiger partial charge is 0.309 e. The zero-order valence-corrected chi connectivity index (χ0v) is 12.6. The molecule has 0 aliphatic heterocycles. The van der Waals surface area contributed by atoms with Crippen LogP contribution < -0.4 is 4.72 Å². The highest BCUT2D eigenvalue weighted by molar-refractivity contribution is 7.89.